The van der Waals surface area contributed by atoms with E-state index in [9.17, 15) is 15.3 Å². The second-order valence-electron chi connectivity index (χ2n) is 9.68. The number of hydrogen-bond acceptors (Lipinski definition) is 8. The Morgan fingerprint density at radius 1 is 1.03 bits per heavy atom. The van der Waals surface area contributed by atoms with Gasteiger partial charge in [-0.25, -0.2) is 0 Å². The van der Waals surface area contributed by atoms with Crippen LogP contribution in [0.4, 0.5) is 0 Å². The molecule has 0 aromatic carbocycles. The molecule has 3 rings (SSSR count). The lowest BCUT2D eigenvalue weighted by molar-refractivity contribution is -0.305. The monoisotopic (exact) mass is 458 g/mol. The van der Waals surface area contributed by atoms with Crippen LogP contribution in [0.1, 0.15) is 64.7 Å². The fourth-order valence-corrected chi connectivity index (χ4v) is 5.23. The van der Waals surface area contributed by atoms with Crippen molar-refractivity contribution in [1.29, 1.82) is 0 Å². The molecule has 0 aromatic heterocycles. The number of methoxy groups -OCH3 is 1. The molecule has 0 bridgehead atoms. The van der Waals surface area contributed by atoms with Gasteiger partial charge in [0.1, 0.15) is 6.10 Å². The smallest absolute Gasteiger partial charge is 0.188 e. The molecule has 4 N–H and O–H groups in total. The van der Waals surface area contributed by atoms with Gasteiger partial charge in [-0.05, 0) is 51.0 Å². The van der Waals surface area contributed by atoms with E-state index in [-0.39, 0.29) is 50.0 Å². The Hall–Kier alpha value is -0.580. The molecule has 2 fully saturated rings. The minimum absolute atomic E-state index is 0.0293. The number of aliphatic hydroxyl groups is 4. The predicted molar refractivity (Wildman–Crippen MR) is 118 cm³/mol. The van der Waals surface area contributed by atoms with Gasteiger partial charge in [-0.1, -0.05) is 13.0 Å². The molecule has 3 heterocycles. The highest BCUT2D eigenvalue weighted by molar-refractivity contribution is 5.07. The summed E-state index contributed by atoms with van der Waals surface area (Å²) in [6, 6.07) is 0. The van der Waals surface area contributed by atoms with Gasteiger partial charge in [0.05, 0.1) is 43.2 Å². The summed E-state index contributed by atoms with van der Waals surface area (Å²) in [4.78, 5) is 0. The second kappa shape index (κ2) is 12.2. The van der Waals surface area contributed by atoms with Crippen molar-refractivity contribution < 1.29 is 39.4 Å². The highest BCUT2D eigenvalue weighted by Gasteiger charge is 2.45. The van der Waals surface area contributed by atoms with Crippen LogP contribution in [0, 0.1) is 5.92 Å². The first-order valence-corrected chi connectivity index (χ1v) is 12.2. The molecule has 8 nitrogen and oxygen atoms in total. The van der Waals surface area contributed by atoms with Crippen LogP contribution >= 0.6 is 0 Å². The van der Waals surface area contributed by atoms with Gasteiger partial charge in [-0.3, -0.25) is 0 Å². The molecule has 9 atom stereocenters. The van der Waals surface area contributed by atoms with Crippen molar-refractivity contribution in [3.05, 3.63) is 12.2 Å². The Bertz CT molecular complexity index is 584. The lowest BCUT2D eigenvalue weighted by Crippen LogP contribution is -2.53. The summed E-state index contributed by atoms with van der Waals surface area (Å²) in [6.45, 7) is 2.01. The van der Waals surface area contributed by atoms with Crippen LogP contribution in [0.25, 0.3) is 0 Å². The molecule has 0 radical (unpaired) electrons. The Balaban J connectivity index is 1.49. The van der Waals surface area contributed by atoms with E-state index in [0.29, 0.717) is 32.1 Å². The maximum atomic E-state index is 10.7. The summed E-state index contributed by atoms with van der Waals surface area (Å²) in [6.07, 6.45) is 7.77. The van der Waals surface area contributed by atoms with Crippen LogP contribution in [0.15, 0.2) is 12.2 Å². The van der Waals surface area contributed by atoms with Crippen LogP contribution in [0.2, 0.25) is 0 Å². The Kier molecular flexibility index (Phi) is 9.94. The molecule has 0 aliphatic carbocycles. The van der Waals surface area contributed by atoms with E-state index < -0.39 is 24.1 Å². The van der Waals surface area contributed by atoms with Crippen molar-refractivity contribution in [2.24, 2.45) is 5.92 Å². The fraction of sp³-hybridized carbons (Fsp3) is 0.917. The van der Waals surface area contributed by atoms with Gasteiger partial charge in [0.25, 0.3) is 0 Å². The zero-order valence-electron chi connectivity index (χ0n) is 19.5. The van der Waals surface area contributed by atoms with Crippen LogP contribution in [-0.2, 0) is 18.9 Å². The molecule has 2 saturated heterocycles. The summed E-state index contributed by atoms with van der Waals surface area (Å²) < 4.78 is 23.8. The zero-order valence-corrected chi connectivity index (χ0v) is 19.5. The summed E-state index contributed by atoms with van der Waals surface area (Å²) >= 11 is 0. The normalized spacial score (nSPS) is 39.8. The summed E-state index contributed by atoms with van der Waals surface area (Å²) in [5, 5.41) is 40.0. The first kappa shape index (κ1) is 26.0. The number of rotatable bonds is 10. The lowest BCUT2D eigenvalue weighted by atomic mass is 9.89. The molecule has 3 aliphatic heterocycles. The number of aliphatic hydroxyl groups excluding tert-OH is 4. The van der Waals surface area contributed by atoms with Gasteiger partial charge >= 0.3 is 0 Å². The Labute approximate surface area is 191 Å². The molecule has 0 unspecified atom stereocenters. The zero-order chi connectivity index (χ0) is 23.1. The molecule has 8 heteroatoms. The van der Waals surface area contributed by atoms with Crippen molar-refractivity contribution in [2.45, 2.75) is 113 Å². The maximum absolute atomic E-state index is 10.7. The van der Waals surface area contributed by atoms with Gasteiger partial charge in [-0.2, -0.15) is 0 Å². The third-order valence-electron chi connectivity index (χ3n) is 7.09. The maximum Gasteiger partial charge on any atom is 0.188 e. The highest BCUT2D eigenvalue weighted by Crippen LogP contribution is 2.39. The van der Waals surface area contributed by atoms with Crippen LogP contribution in [-0.4, -0.2) is 89.3 Å². The summed E-state index contributed by atoms with van der Waals surface area (Å²) in [7, 11) is 1.62. The molecule has 0 aromatic rings. The van der Waals surface area contributed by atoms with Crippen molar-refractivity contribution in [2.75, 3.05) is 20.3 Å². The predicted octanol–water partition coefficient (Wildman–Crippen LogP) is 1.67. The minimum Gasteiger partial charge on any atom is -0.396 e. The van der Waals surface area contributed by atoms with Crippen LogP contribution in [0.5, 0.6) is 0 Å². The molecule has 3 aliphatic rings. The molecule has 0 saturated carbocycles. The van der Waals surface area contributed by atoms with E-state index in [4.69, 9.17) is 24.1 Å². The van der Waals surface area contributed by atoms with Gasteiger partial charge < -0.3 is 39.4 Å². The third-order valence-corrected chi connectivity index (χ3v) is 7.09. The quantitative estimate of drug-likeness (QED) is 0.365. The first-order chi connectivity index (χ1) is 15.4. The molecular formula is C24H42O8. The van der Waals surface area contributed by atoms with E-state index in [0.717, 1.165) is 19.3 Å². The van der Waals surface area contributed by atoms with Crippen LogP contribution in [0.3, 0.4) is 0 Å². The molecule has 1 spiro atoms. The molecule has 32 heavy (non-hydrogen) atoms. The van der Waals surface area contributed by atoms with Crippen molar-refractivity contribution >= 4 is 0 Å². The average Bonchev–Trinajstić information content (AvgIpc) is 2.76. The van der Waals surface area contributed by atoms with Crippen molar-refractivity contribution in [3.63, 3.8) is 0 Å². The molecule has 186 valence electrons. The van der Waals surface area contributed by atoms with Gasteiger partial charge in [0.15, 0.2) is 5.79 Å². The van der Waals surface area contributed by atoms with E-state index in [1.165, 1.54) is 0 Å². The van der Waals surface area contributed by atoms with E-state index in [1.807, 2.05) is 13.0 Å². The number of ether oxygens (including phenoxy) is 4. The van der Waals surface area contributed by atoms with Crippen molar-refractivity contribution in [1.82, 2.24) is 0 Å². The third kappa shape index (κ3) is 6.96. The topological polar surface area (TPSA) is 118 Å². The van der Waals surface area contributed by atoms with Gasteiger partial charge in [0, 0.05) is 32.5 Å². The minimum atomic E-state index is -0.907. The SMILES string of the molecule is CO[C@H]1CC[C@]2(C=C[C@H](C)[C@@H](C[C@@H](O)C[C@H](O)C[C@@H]3CCC[C@H](CCO)O3)O2)O[C@@H]1CO. The summed E-state index contributed by atoms with van der Waals surface area (Å²) in [5.41, 5.74) is 0. The molecular weight excluding hydrogens is 416 g/mol. The first-order valence-electron chi connectivity index (χ1n) is 12.2. The van der Waals surface area contributed by atoms with E-state index in [2.05, 4.69) is 6.08 Å². The standard InChI is InChI=1S/C24H42O8/c1-16-6-9-24(10-7-21(29-2)23(15-26)32-24)31-22(16)14-18(28)12-17(27)13-20-5-3-4-19(30-20)8-11-25/h6,9,16-23,25-28H,3-5,7-8,10-15H2,1-2H3/t16-,17-,18-,19+,20-,21-,22+,23+,24-/m0/s1. The Morgan fingerprint density at radius 2 is 1.75 bits per heavy atom. The fourth-order valence-electron chi connectivity index (χ4n) is 5.23. The Morgan fingerprint density at radius 3 is 2.47 bits per heavy atom. The van der Waals surface area contributed by atoms with Crippen molar-refractivity contribution in [3.8, 4) is 0 Å². The largest absolute Gasteiger partial charge is 0.396 e. The lowest BCUT2D eigenvalue weighted by Gasteiger charge is -2.46. The highest BCUT2D eigenvalue weighted by atomic mass is 16.7. The van der Waals surface area contributed by atoms with Gasteiger partial charge in [0.2, 0.25) is 0 Å². The molecule has 0 amide bonds. The van der Waals surface area contributed by atoms with E-state index >= 15 is 0 Å². The number of hydrogen-bond donors (Lipinski definition) is 4. The van der Waals surface area contributed by atoms with Crippen LogP contribution < -0.4 is 0 Å². The average molecular weight is 459 g/mol. The van der Waals surface area contributed by atoms with E-state index in [1.54, 1.807) is 7.11 Å². The second-order valence-corrected chi connectivity index (χ2v) is 9.68. The van der Waals surface area contributed by atoms with Gasteiger partial charge in [-0.15, -0.1) is 0 Å². The summed E-state index contributed by atoms with van der Waals surface area (Å²) in [5.74, 6) is -0.806.